The van der Waals surface area contributed by atoms with E-state index < -0.39 is 22.0 Å². The quantitative estimate of drug-likeness (QED) is 0.359. The van der Waals surface area contributed by atoms with Crippen LogP contribution in [-0.4, -0.2) is 133 Å². The van der Waals surface area contributed by atoms with Gasteiger partial charge in [-0.1, -0.05) is 11.6 Å². The van der Waals surface area contributed by atoms with Crippen molar-refractivity contribution < 1.29 is 37.8 Å². The molecule has 1 aromatic carbocycles. The van der Waals surface area contributed by atoms with Gasteiger partial charge >= 0.3 is 11.9 Å². The second kappa shape index (κ2) is 14.4. The van der Waals surface area contributed by atoms with Crippen LogP contribution in [0.3, 0.4) is 0 Å². The Morgan fingerprint density at radius 1 is 0.842 bits per heavy atom. The van der Waals surface area contributed by atoms with Gasteiger partial charge < -0.3 is 20.4 Å². The van der Waals surface area contributed by atoms with E-state index in [4.69, 9.17) is 31.4 Å². The first-order valence-corrected chi connectivity index (χ1v) is 13.8. The van der Waals surface area contributed by atoms with Gasteiger partial charge in [-0.3, -0.25) is 19.4 Å². The molecule has 2 aliphatic rings. The summed E-state index contributed by atoms with van der Waals surface area (Å²) in [4.78, 5) is 49.0. The van der Waals surface area contributed by atoms with Gasteiger partial charge in [0.05, 0.1) is 18.0 Å². The number of hydrogen-bond acceptors (Lipinski definition) is 8. The molecule has 2 aliphatic heterocycles. The van der Waals surface area contributed by atoms with Crippen LogP contribution >= 0.6 is 11.6 Å². The van der Waals surface area contributed by atoms with Gasteiger partial charge in [-0.25, -0.2) is 18.0 Å². The smallest absolute Gasteiger partial charge is 0.414 e. The molecular formula is C23H34ClN5O8S. The minimum atomic E-state index is -3.59. The van der Waals surface area contributed by atoms with Crippen LogP contribution < -0.4 is 5.32 Å². The van der Waals surface area contributed by atoms with Crippen LogP contribution in [0.4, 0.5) is 0 Å². The maximum Gasteiger partial charge on any atom is 0.414 e. The first-order valence-electron chi connectivity index (χ1n) is 12.0. The third-order valence-electron chi connectivity index (χ3n) is 5.87. The highest BCUT2D eigenvalue weighted by Crippen LogP contribution is 2.20. The van der Waals surface area contributed by atoms with Gasteiger partial charge in [0.1, 0.15) is 0 Å². The summed E-state index contributed by atoms with van der Waals surface area (Å²) in [6.07, 6.45) is 0. The molecule has 212 valence electrons. The molecule has 3 rings (SSSR count). The average Bonchev–Trinajstić information content (AvgIpc) is 2.85. The number of amides is 2. The molecule has 0 saturated carbocycles. The van der Waals surface area contributed by atoms with Crippen molar-refractivity contribution in [3.63, 3.8) is 0 Å². The lowest BCUT2D eigenvalue weighted by Crippen LogP contribution is -2.55. The number of hydrogen-bond donors (Lipinski definition) is 3. The number of halogens is 1. The normalized spacial score (nSPS) is 17.4. The molecule has 15 heteroatoms. The van der Waals surface area contributed by atoms with Crippen LogP contribution in [0, 0.1) is 0 Å². The number of carboxylic acid groups (broad SMARTS) is 2. The Morgan fingerprint density at radius 3 is 1.76 bits per heavy atom. The molecule has 3 N–H and O–H groups in total. The topological polar surface area (TPSA) is 168 Å². The summed E-state index contributed by atoms with van der Waals surface area (Å²) < 4.78 is 27.0. The molecule has 0 bridgehead atoms. The molecule has 38 heavy (non-hydrogen) atoms. The van der Waals surface area contributed by atoms with Crippen LogP contribution in [0.1, 0.15) is 13.8 Å². The monoisotopic (exact) mass is 575 g/mol. The summed E-state index contributed by atoms with van der Waals surface area (Å²) in [5.41, 5.74) is 0. The molecule has 0 aliphatic carbocycles. The molecule has 0 aromatic heterocycles. The maximum absolute atomic E-state index is 12.8. The first-order chi connectivity index (χ1) is 17.8. The summed E-state index contributed by atoms with van der Waals surface area (Å²) in [6.45, 7) is 8.81. The van der Waals surface area contributed by atoms with E-state index in [1.807, 2.05) is 13.8 Å². The van der Waals surface area contributed by atoms with Gasteiger partial charge in [0.15, 0.2) is 0 Å². The van der Waals surface area contributed by atoms with Gasteiger partial charge in [-0.15, -0.1) is 0 Å². The van der Waals surface area contributed by atoms with Crippen LogP contribution in [0.5, 0.6) is 0 Å². The van der Waals surface area contributed by atoms with Crippen LogP contribution in [-0.2, 0) is 29.2 Å². The van der Waals surface area contributed by atoms with Gasteiger partial charge in [-0.2, -0.15) is 4.31 Å². The fourth-order valence-corrected chi connectivity index (χ4v) is 5.45. The predicted octanol–water partition coefficient (Wildman–Crippen LogP) is -0.529. The minimum Gasteiger partial charge on any atom is -0.473 e. The Balaban J connectivity index is 0.000000757. The average molecular weight is 576 g/mol. The summed E-state index contributed by atoms with van der Waals surface area (Å²) >= 11 is 5.85. The summed E-state index contributed by atoms with van der Waals surface area (Å²) in [7, 11) is -3.59. The molecular weight excluding hydrogens is 542 g/mol. The number of carboxylic acids is 2. The van der Waals surface area contributed by atoms with E-state index in [2.05, 4.69) is 15.1 Å². The van der Waals surface area contributed by atoms with E-state index in [0.29, 0.717) is 31.2 Å². The lowest BCUT2D eigenvalue weighted by molar-refractivity contribution is -0.159. The van der Waals surface area contributed by atoms with Crippen molar-refractivity contribution in [3.05, 3.63) is 29.3 Å². The van der Waals surface area contributed by atoms with Crippen LogP contribution in [0.15, 0.2) is 29.2 Å². The Hall–Kier alpha value is -2.78. The van der Waals surface area contributed by atoms with Crippen LogP contribution in [0.25, 0.3) is 0 Å². The number of sulfonamides is 1. The van der Waals surface area contributed by atoms with Crippen molar-refractivity contribution in [2.45, 2.75) is 24.8 Å². The highest BCUT2D eigenvalue weighted by atomic mass is 35.5. The first kappa shape index (κ1) is 31.4. The zero-order valence-electron chi connectivity index (χ0n) is 21.4. The van der Waals surface area contributed by atoms with E-state index in [1.165, 1.54) is 16.4 Å². The van der Waals surface area contributed by atoms with E-state index in [0.717, 1.165) is 26.2 Å². The van der Waals surface area contributed by atoms with Crippen molar-refractivity contribution in [2.75, 3.05) is 65.4 Å². The fraction of sp³-hybridized carbons (Fsp3) is 0.565. The molecule has 2 fully saturated rings. The molecule has 2 saturated heterocycles. The van der Waals surface area contributed by atoms with Gasteiger partial charge in [0.2, 0.25) is 21.8 Å². The molecule has 1 aromatic rings. The van der Waals surface area contributed by atoms with Crippen molar-refractivity contribution in [3.8, 4) is 0 Å². The SMILES string of the molecule is CC(C)NC(=O)CN1CCN(CC(=O)N2CCN(S(=O)(=O)c3ccc(Cl)cc3)CC2)CC1.O=C(O)C(=O)O. The van der Waals surface area contributed by atoms with Crippen molar-refractivity contribution in [1.29, 1.82) is 0 Å². The highest BCUT2D eigenvalue weighted by molar-refractivity contribution is 7.89. The van der Waals surface area contributed by atoms with Crippen molar-refractivity contribution in [2.24, 2.45) is 0 Å². The lowest BCUT2D eigenvalue weighted by atomic mass is 10.2. The second-order valence-corrected chi connectivity index (χ2v) is 11.5. The van der Waals surface area contributed by atoms with Crippen molar-refractivity contribution in [1.82, 2.24) is 24.3 Å². The summed E-state index contributed by atoms with van der Waals surface area (Å²) in [5, 5.41) is 18.2. The summed E-state index contributed by atoms with van der Waals surface area (Å²) in [5.74, 6) is -3.61. The lowest BCUT2D eigenvalue weighted by Gasteiger charge is -2.37. The minimum absolute atomic E-state index is 0.0135. The number of piperazine rings is 2. The number of carbonyl (C=O) groups excluding carboxylic acids is 2. The molecule has 13 nitrogen and oxygen atoms in total. The number of benzene rings is 1. The van der Waals surface area contributed by atoms with Crippen LogP contribution in [0.2, 0.25) is 5.02 Å². The largest absolute Gasteiger partial charge is 0.473 e. The van der Waals surface area contributed by atoms with Gasteiger partial charge in [0, 0.05) is 63.4 Å². The van der Waals surface area contributed by atoms with E-state index in [9.17, 15) is 18.0 Å². The number of rotatable bonds is 7. The zero-order chi connectivity index (χ0) is 28.5. The van der Waals surface area contributed by atoms with Gasteiger partial charge in [-0.05, 0) is 38.1 Å². The standard InChI is InChI=1S/C21H32ClN5O4S.C2H2O4/c1-17(2)23-20(28)15-24-7-9-25(10-8-24)16-21(29)26-11-13-27(14-12-26)32(30,31)19-5-3-18(22)4-6-19;3-1(4)2(5)6/h3-6,17H,7-16H2,1-2H3,(H,23,28);(H,3,4)(H,5,6). The zero-order valence-corrected chi connectivity index (χ0v) is 22.9. The highest BCUT2D eigenvalue weighted by Gasteiger charge is 2.31. The Morgan fingerprint density at radius 2 is 1.32 bits per heavy atom. The molecule has 2 heterocycles. The Bertz CT molecular complexity index is 1070. The number of carbonyl (C=O) groups is 4. The maximum atomic E-state index is 12.8. The van der Waals surface area contributed by atoms with E-state index >= 15 is 0 Å². The molecule has 2 amide bonds. The Labute approximate surface area is 227 Å². The van der Waals surface area contributed by atoms with Gasteiger partial charge in [0.25, 0.3) is 0 Å². The Kier molecular flexibility index (Phi) is 11.9. The van der Waals surface area contributed by atoms with Crippen molar-refractivity contribution >= 4 is 45.4 Å². The third kappa shape index (κ3) is 9.83. The molecule has 0 unspecified atom stereocenters. The fourth-order valence-electron chi connectivity index (χ4n) is 3.90. The van der Waals surface area contributed by atoms with E-state index in [-0.39, 0.29) is 35.8 Å². The number of nitrogens with one attached hydrogen (secondary N) is 1. The third-order valence-corrected chi connectivity index (χ3v) is 8.03. The predicted molar refractivity (Wildman–Crippen MR) is 138 cm³/mol. The van der Waals surface area contributed by atoms with E-state index in [1.54, 1.807) is 17.0 Å². The summed E-state index contributed by atoms with van der Waals surface area (Å²) in [6, 6.07) is 6.25. The molecule has 0 radical (unpaired) electrons. The molecule has 0 atom stereocenters. The number of aliphatic carboxylic acids is 2. The molecule has 0 spiro atoms. The number of nitrogens with zero attached hydrogens (tertiary/aromatic N) is 4. The second-order valence-electron chi connectivity index (χ2n) is 9.12.